The summed E-state index contributed by atoms with van der Waals surface area (Å²) in [6.07, 6.45) is 0.709. The number of carbonyl (C=O) groups excluding carboxylic acids is 1. The summed E-state index contributed by atoms with van der Waals surface area (Å²) in [5, 5.41) is 12.1. The van der Waals surface area contributed by atoms with E-state index in [1.165, 1.54) is 17.3 Å². The van der Waals surface area contributed by atoms with Gasteiger partial charge in [-0.1, -0.05) is 60.3 Å². The third-order valence-electron chi connectivity index (χ3n) is 5.07. The van der Waals surface area contributed by atoms with E-state index in [2.05, 4.69) is 39.1 Å². The van der Waals surface area contributed by atoms with Crippen LogP contribution in [0.5, 0.6) is 11.5 Å². The normalized spacial score (nSPS) is 11.7. The molecule has 4 aromatic rings. The molecule has 0 saturated carbocycles. The van der Waals surface area contributed by atoms with Crippen molar-refractivity contribution < 1.29 is 9.53 Å². The SMILES string of the molecule is CCn1c(Cc2ccccc2)nnc1SC(C)C(=O)Nc1ccc(Oc2ccccc2)cc1. The summed E-state index contributed by atoms with van der Waals surface area (Å²) in [6.45, 7) is 4.68. The highest BCUT2D eigenvalue weighted by Gasteiger charge is 2.20. The number of benzene rings is 3. The van der Waals surface area contributed by atoms with E-state index in [9.17, 15) is 4.79 Å². The average Bonchev–Trinajstić information content (AvgIpc) is 3.22. The van der Waals surface area contributed by atoms with Crippen LogP contribution in [0.1, 0.15) is 25.2 Å². The van der Waals surface area contributed by atoms with Crippen molar-refractivity contribution in [2.24, 2.45) is 0 Å². The molecule has 0 aliphatic rings. The lowest BCUT2D eigenvalue weighted by Crippen LogP contribution is -2.23. The molecular formula is C26H26N4O2S. The fourth-order valence-electron chi connectivity index (χ4n) is 3.32. The number of aromatic nitrogens is 3. The van der Waals surface area contributed by atoms with E-state index in [-0.39, 0.29) is 11.2 Å². The van der Waals surface area contributed by atoms with Crippen LogP contribution in [0, 0.1) is 0 Å². The van der Waals surface area contributed by atoms with Crippen molar-refractivity contribution in [3.63, 3.8) is 0 Å². The van der Waals surface area contributed by atoms with Gasteiger partial charge < -0.3 is 14.6 Å². The summed E-state index contributed by atoms with van der Waals surface area (Å²) in [6, 6.07) is 27.1. The van der Waals surface area contributed by atoms with E-state index < -0.39 is 0 Å². The number of ether oxygens (including phenoxy) is 1. The second-order valence-corrected chi connectivity index (χ2v) is 8.80. The van der Waals surface area contributed by atoms with Crippen molar-refractivity contribution >= 4 is 23.4 Å². The Morgan fingerprint density at radius 2 is 1.58 bits per heavy atom. The van der Waals surface area contributed by atoms with E-state index in [0.717, 1.165) is 29.0 Å². The molecule has 1 aromatic heterocycles. The first-order valence-corrected chi connectivity index (χ1v) is 11.8. The lowest BCUT2D eigenvalue weighted by atomic mass is 10.1. The number of thioether (sulfide) groups is 1. The Balaban J connectivity index is 1.36. The van der Waals surface area contributed by atoms with E-state index in [1.807, 2.05) is 79.7 Å². The minimum absolute atomic E-state index is 0.0907. The molecule has 0 bridgehead atoms. The number of rotatable bonds is 9. The quantitative estimate of drug-likeness (QED) is 0.321. The summed E-state index contributed by atoms with van der Waals surface area (Å²) in [7, 11) is 0. The Bertz CT molecular complexity index is 1180. The van der Waals surface area contributed by atoms with Crippen LogP contribution in [0.15, 0.2) is 90.1 Å². The minimum atomic E-state index is -0.329. The van der Waals surface area contributed by atoms with Crippen LogP contribution in [-0.2, 0) is 17.8 Å². The number of hydrogen-bond acceptors (Lipinski definition) is 5. The van der Waals surface area contributed by atoms with Gasteiger partial charge >= 0.3 is 0 Å². The van der Waals surface area contributed by atoms with Gasteiger partial charge in [-0.3, -0.25) is 4.79 Å². The van der Waals surface area contributed by atoms with Crippen molar-refractivity contribution in [1.82, 2.24) is 14.8 Å². The lowest BCUT2D eigenvalue weighted by Gasteiger charge is -2.13. The topological polar surface area (TPSA) is 69.0 Å². The van der Waals surface area contributed by atoms with Gasteiger partial charge in [-0.15, -0.1) is 10.2 Å². The van der Waals surface area contributed by atoms with Crippen molar-refractivity contribution in [3.05, 3.63) is 96.3 Å². The maximum atomic E-state index is 12.8. The van der Waals surface area contributed by atoms with Crippen molar-refractivity contribution in [2.45, 2.75) is 37.2 Å². The van der Waals surface area contributed by atoms with Gasteiger partial charge in [0.15, 0.2) is 5.16 Å². The monoisotopic (exact) mass is 458 g/mol. The fourth-order valence-corrected chi connectivity index (χ4v) is 4.25. The number of anilines is 1. The molecule has 7 heteroatoms. The van der Waals surface area contributed by atoms with Gasteiger partial charge in [-0.05, 0) is 55.8 Å². The van der Waals surface area contributed by atoms with Gasteiger partial charge in [-0.25, -0.2) is 0 Å². The van der Waals surface area contributed by atoms with Crippen LogP contribution in [0.4, 0.5) is 5.69 Å². The first kappa shape index (κ1) is 22.6. The zero-order valence-electron chi connectivity index (χ0n) is 18.6. The third kappa shape index (κ3) is 6.02. The average molecular weight is 459 g/mol. The Morgan fingerprint density at radius 1 is 0.939 bits per heavy atom. The first-order chi connectivity index (χ1) is 16.1. The van der Waals surface area contributed by atoms with E-state index in [4.69, 9.17) is 4.74 Å². The molecule has 33 heavy (non-hydrogen) atoms. The molecule has 1 atom stereocenters. The summed E-state index contributed by atoms with van der Waals surface area (Å²) in [4.78, 5) is 12.8. The van der Waals surface area contributed by atoms with Gasteiger partial charge in [0.2, 0.25) is 5.91 Å². The molecule has 1 amide bonds. The molecule has 0 radical (unpaired) electrons. The molecule has 168 valence electrons. The molecule has 6 nitrogen and oxygen atoms in total. The van der Waals surface area contributed by atoms with Crippen LogP contribution in [0.2, 0.25) is 0 Å². The summed E-state index contributed by atoms with van der Waals surface area (Å²) in [5.74, 6) is 2.29. The molecule has 0 aliphatic heterocycles. The molecule has 1 heterocycles. The Hall–Kier alpha value is -3.58. The Labute approximate surface area is 198 Å². The van der Waals surface area contributed by atoms with E-state index >= 15 is 0 Å². The molecule has 4 rings (SSSR count). The molecular weight excluding hydrogens is 432 g/mol. The number of nitrogens with one attached hydrogen (secondary N) is 1. The number of carbonyl (C=O) groups is 1. The van der Waals surface area contributed by atoms with Gasteiger partial charge in [0, 0.05) is 18.7 Å². The molecule has 3 aromatic carbocycles. The second-order valence-electron chi connectivity index (χ2n) is 7.49. The first-order valence-electron chi connectivity index (χ1n) is 10.9. The minimum Gasteiger partial charge on any atom is -0.457 e. The van der Waals surface area contributed by atoms with Gasteiger partial charge in [0.1, 0.15) is 17.3 Å². The van der Waals surface area contributed by atoms with Crippen LogP contribution >= 0.6 is 11.8 Å². The zero-order valence-corrected chi connectivity index (χ0v) is 19.5. The van der Waals surface area contributed by atoms with Crippen molar-refractivity contribution in [1.29, 1.82) is 0 Å². The molecule has 0 fully saturated rings. The third-order valence-corrected chi connectivity index (χ3v) is 6.15. The number of para-hydroxylation sites is 1. The van der Waals surface area contributed by atoms with Gasteiger partial charge in [-0.2, -0.15) is 0 Å². The van der Waals surface area contributed by atoms with Crippen LogP contribution in [-0.4, -0.2) is 25.9 Å². The molecule has 0 saturated heterocycles. The molecule has 1 unspecified atom stereocenters. The Morgan fingerprint density at radius 3 is 2.24 bits per heavy atom. The van der Waals surface area contributed by atoms with Gasteiger partial charge in [0.05, 0.1) is 5.25 Å². The van der Waals surface area contributed by atoms with E-state index in [1.54, 1.807) is 0 Å². The van der Waals surface area contributed by atoms with Crippen molar-refractivity contribution in [3.8, 4) is 11.5 Å². The summed E-state index contributed by atoms with van der Waals surface area (Å²) < 4.78 is 7.87. The lowest BCUT2D eigenvalue weighted by molar-refractivity contribution is -0.115. The maximum absolute atomic E-state index is 12.8. The van der Waals surface area contributed by atoms with Crippen LogP contribution in [0.3, 0.4) is 0 Å². The second kappa shape index (κ2) is 10.8. The van der Waals surface area contributed by atoms with Crippen molar-refractivity contribution in [2.75, 3.05) is 5.32 Å². The highest BCUT2D eigenvalue weighted by Crippen LogP contribution is 2.26. The smallest absolute Gasteiger partial charge is 0.237 e. The van der Waals surface area contributed by atoms with Crippen LogP contribution < -0.4 is 10.1 Å². The van der Waals surface area contributed by atoms with E-state index in [0.29, 0.717) is 12.2 Å². The number of hydrogen-bond donors (Lipinski definition) is 1. The Kier molecular flexibility index (Phi) is 7.42. The predicted octanol–water partition coefficient (Wildman–Crippen LogP) is 5.80. The summed E-state index contributed by atoms with van der Waals surface area (Å²) in [5.41, 5.74) is 1.90. The molecule has 1 N–H and O–H groups in total. The molecule has 0 spiro atoms. The van der Waals surface area contributed by atoms with Gasteiger partial charge in [0.25, 0.3) is 0 Å². The zero-order chi connectivity index (χ0) is 23.0. The number of nitrogens with zero attached hydrogens (tertiary/aromatic N) is 3. The highest BCUT2D eigenvalue weighted by atomic mass is 32.2. The largest absolute Gasteiger partial charge is 0.457 e. The summed E-state index contributed by atoms with van der Waals surface area (Å²) >= 11 is 1.41. The molecule has 0 aliphatic carbocycles. The standard InChI is InChI=1S/C26H26N4O2S/c1-3-30-24(18-20-10-6-4-7-11-20)28-29-26(30)33-19(2)25(31)27-21-14-16-23(17-15-21)32-22-12-8-5-9-13-22/h4-17,19H,3,18H2,1-2H3,(H,27,31). The number of amides is 1. The highest BCUT2D eigenvalue weighted by molar-refractivity contribution is 8.00. The fraction of sp³-hybridized carbons (Fsp3) is 0.192. The maximum Gasteiger partial charge on any atom is 0.237 e. The predicted molar refractivity (Wildman–Crippen MR) is 132 cm³/mol. The van der Waals surface area contributed by atoms with Crippen LogP contribution in [0.25, 0.3) is 0 Å².